The van der Waals surface area contributed by atoms with Crippen molar-refractivity contribution in [2.24, 2.45) is 0 Å². The van der Waals surface area contributed by atoms with Gasteiger partial charge in [-0.05, 0) is 17.7 Å². The summed E-state index contributed by atoms with van der Waals surface area (Å²) in [5, 5.41) is 11.1. The van der Waals surface area contributed by atoms with Crippen LogP contribution in [-0.4, -0.2) is 27.3 Å². The third-order valence-electron chi connectivity index (χ3n) is 3.82. The summed E-state index contributed by atoms with van der Waals surface area (Å²) in [4.78, 5) is 28.6. The molecule has 26 heavy (non-hydrogen) atoms. The van der Waals surface area contributed by atoms with Crippen LogP contribution in [0.2, 0.25) is 0 Å². The molecule has 0 spiro atoms. The topological polar surface area (TPSA) is 88.9 Å². The standard InChI is InChI=1S/C19H19N5O2/c1-2-9-21-19(26)22-12-17-15-7-3-4-8-16(15)18(25)24(23-17)13-14-6-5-10-20-11-14/h2-8,10-11H,1,9,12-13H2,(H2,21,22,26). The fraction of sp³-hybridized carbons (Fsp3) is 0.158. The zero-order valence-corrected chi connectivity index (χ0v) is 14.2. The highest BCUT2D eigenvalue weighted by Gasteiger charge is 2.11. The van der Waals surface area contributed by atoms with Crippen molar-refractivity contribution in [1.82, 2.24) is 25.4 Å². The molecule has 7 nitrogen and oxygen atoms in total. The summed E-state index contributed by atoms with van der Waals surface area (Å²) >= 11 is 0. The van der Waals surface area contributed by atoms with E-state index in [4.69, 9.17) is 0 Å². The molecule has 2 heterocycles. The number of pyridine rings is 1. The molecule has 0 saturated heterocycles. The highest BCUT2D eigenvalue weighted by Crippen LogP contribution is 2.13. The zero-order valence-electron chi connectivity index (χ0n) is 14.2. The fourth-order valence-corrected chi connectivity index (χ4v) is 2.60. The molecule has 0 bridgehead atoms. The summed E-state index contributed by atoms with van der Waals surface area (Å²) in [5.41, 5.74) is 1.32. The van der Waals surface area contributed by atoms with Crippen molar-refractivity contribution in [1.29, 1.82) is 0 Å². The Morgan fingerprint density at radius 2 is 1.96 bits per heavy atom. The summed E-state index contributed by atoms with van der Waals surface area (Å²) in [5.74, 6) is 0. The van der Waals surface area contributed by atoms with E-state index in [1.807, 2.05) is 30.3 Å². The van der Waals surface area contributed by atoms with Crippen LogP contribution in [0.5, 0.6) is 0 Å². The molecule has 2 aromatic heterocycles. The molecular weight excluding hydrogens is 330 g/mol. The average Bonchev–Trinajstić information content (AvgIpc) is 2.68. The van der Waals surface area contributed by atoms with Crippen molar-refractivity contribution >= 4 is 16.8 Å². The smallest absolute Gasteiger partial charge is 0.315 e. The van der Waals surface area contributed by atoms with Gasteiger partial charge in [0.15, 0.2) is 0 Å². The molecule has 0 radical (unpaired) electrons. The summed E-state index contributed by atoms with van der Waals surface area (Å²) in [6.45, 7) is 4.45. The van der Waals surface area contributed by atoms with E-state index in [0.29, 0.717) is 24.2 Å². The van der Waals surface area contributed by atoms with Crippen molar-refractivity contribution in [3.05, 3.63) is 83.1 Å². The number of nitrogens with zero attached hydrogens (tertiary/aromatic N) is 3. The van der Waals surface area contributed by atoms with Crippen molar-refractivity contribution in [3.8, 4) is 0 Å². The van der Waals surface area contributed by atoms with E-state index in [1.165, 1.54) is 4.68 Å². The molecule has 3 rings (SSSR count). The lowest BCUT2D eigenvalue weighted by Crippen LogP contribution is -2.36. The summed E-state index contributed by atoms with van der Waals surface area (Å²) in [7, 11) is 0. The molecule has 0 saturated carbocycles. The lowest BCUT2D eigenvalue weighted by molar-refractivity contribution is 0.241. The molecular formula is C19H19N5O2. The summed E-state index contributed by atoms with van der Waals surface area (Å²) in [6.07, 6.45) is 4.97. The fourth-order valence-electron chi connectivity index (χ4n) is 2.60. The molecule has 0 unspecified atom stereocenters. The Morgan fingerprint density at radius 3 is 2.69 bits per heavy atom. The Morgan fingerprint density at radius 1 is 1.15 bits per heavy atom. The maximum atomic E-state index is 12.7. The Hall–Kier alpha value is -3.48. The zero-order chi connectivity index (χ0) is 18.4. The molecule has 0 atom stereocenters. The number of carbonyl (C=O) groups excluding carboxylic acids is 1. The average molecular weight is 349 g/mol. The maximum Gasteiger partial charge on any atom is 0.315 e. The first-order valence-electron chi connectivity index (χ1n) is 8.19. The normalized spacial score (nSPS) is 10.5. The van der Waals surface area contributed by atoms with Gasteiger partial charge in [0.25, 0.3) is 5.56 Å². The minimum Gasteiger partial charge on any atom is -0.335 e. The van der Waals surface area contributed by atoms with Gasteiger partial charge in [-0.25, -0.2) is 9.48 Å². The van der Waals surface area contributed by atoms with Crippen LogP contribution in [0, 0.1) is 0 Å². The van der Waals surface area contributed by atoms with Crippen LogP contribution in [-0.2, 0) is 13.1 Å². The quantitative estimate of drug-likeness (QED) is 0.665. The minimum absolute atomic E-state index is 0.177. The van der Waals surface area contributed by atoms with Crippen LogP contribution in [0.15, 0.2) is 66.2 Å². The molecule has 0 aliphatic heterocycles. The highest BCUT2D eigenvalue weighted by atomic mass is 16.2. The molecule has 1 aromatic carbocycles. The molecule has 2 amide bonds. The van der Waals surface area contributed by atoms with Gasteiger partial charge in [-0.3, -0.25) is 9.78 Å². The van der Waals surface area contributed by atoms with Gasteiger partial charge in [-0.1, -0.05) is 30.3 Å². The Labute approximate surface area is 150 Å². The van der Waals surface area contributed by atoms with Gasteiger partial charge >= 0.3 is 6.03 Å². The van der Waals surface area contributed by atoms with Crippen LogP contribution >= 0.6 is 0 Å². The van der Waals surface area contributed by atoms with Crippen LogP contribution in [0.4, 0.5) is 4.79 Å². The van der Waals surface area contributed by atoms with Crippen LogP contribution in [0.3, 0.4) is 0 Å². The number of hydrogen-bond donors (Lipinski definition) is 2. The second-order valence-corrected chi connectivity index (χ2v) is 5.67. The van der Waals surface area contributed by atoms with E-state index in [-0.39, 0.29) is 18.1 Å². The number of fused-ring (bicyclic) bond motifs is 1. The van der Waals surface area contributed by atoms with Gasteiger partial charge in [-0.2, -0.15) is 5.10 Å². The number of carbonyl (C=O) groups is 1. The molecule has 132 valence electrons. The molecule has 0 aliphatic rings. The summed E-state index contributed by atoms with van der Waals surface area (Å²) in [6, 6.07) is 10.6. The van der Waals surface area contributed by atoms with Crippen LogP contribution in [0.25, 0.3) is 10.8 Å². The van der Waals surface area contributed by atoms with Crippen molar-refractivity contribution in [3.63, 3.8) is 0 Å². The predicted octanol–water partition coefficient (Wildman–Crippen LogP) is 1.82. The second kappa shape index (κ2) is 8.06. The number of hydrogen-bond acceptors (Lipinski definition) is 4. The van der Waals surface area contributed by atoms with Crippen molar-refractivity contribution in [2.75, 3.05) is 6.54 Å². The van der Waals surface area contributed by atoms with Crippen molar-refractivity contribution < 1.29 is 4.79 Å². The van der Waals surface area contributed by atoms with Gasteiger partial charge in [0.2, 0.25) is 0 Å². The van der Waals surface area contributed by atoms with E-state index in [9.17, 15) is 9.59 Å². The van der Waals surface area contributed by atoms with E-state index in [1.54, 1.807) is 24.5 Å². The second-order valence-electron chi connectivity index (χ2n) is 5.67. The van der Waals surface area contributed by atoms with Gasteiger partial charge in [-0.15, -0.1) is 6.58 Å². The van der Waals surface area contributed by atoms with Gasteiger partial charge in [0.1, 0.15) is 0 Å². The van der Waals surface area contributed by atoms with Gasteiger partial charge < -0.3 is 10.6 Å². The molecule has 0 fully saturated rings. The minimum atomic E-state index is -0.319. The third-order valence-corrected chi connectivity index (χ3v) is 3.82. The number of amides is 2. The maximum absolute atomic E-state index is 12.7. The molecule has 0 aliphatic carbocycles. The monoisotopic (exact) mass is 349 g/mol. The SMILES string of the molecule is C=CCNC(=O)NCc1nn(Cc2cccnc2)c(=O)c2ccccc12. The lowest BCUT2D eigenvalue weighted by atomic mass is 10.1. The predicted molar refractivity (Wildman–Crippen MR) is 99.8 cm³/mol. The lowest BCUT2D eigenvalue weighted by Gasteiger charge is -2.12. The van der Waals surface area contributed by atoms with E-state index >= 15 is 0 Å². The van der Waals surface area contributed by atoms with Crippen LogP contribution in [0.1, 0.15) is 11.3 Å². The number of nitrogens with one attached hydrogen (secondary N) is 2. The third kappa shape index (κ3) is 3.94. The molecule has 3 aromatic rings. The molecule has 2 N–H and O–H groups in total. The van der Waals surface area contributed by atoms with Crippen molar-refractivity contribution in [2.45, 2.75) is 13.1 Å². The highest BCUT2D eigenvalue weighted by molar-refractivity contribution is 5.84. The van der Waals surface area contributed by atoms with E-state index < -0.39 is 0 Å². The number of aromatic nitrogens is 3. The first-order chi connectivity index (χ1) is 12.7. The van der Waals surface area contributed by atoms with E-state index in [0.717, 1.165) is 10.9 Å². The van der Waals surface area contributed by atoms with Gasteiger partial charge in [0, 0.05) is 24.3 Å². The number of rotatable bonds is 6. The largest absolute Gasteiger partial charge is 0.335 e. The number of urea groups is 1. The Kier molecular flexibility index (Phi) is 5.38. The van der Waals surface area contributed by atoms with Gasteiger partial charge in [0.05, 0.1) is 24.2 Å². The van der Waals surface area contributed by atoms with Crippen LogP contribution < -0.4 is 16.2 Å². The first kappa shape index (κ1) is 17.3. The van der Waals surface area contributed by atoms with E-state index in [2.05, 4.69) is 27.3 Å². The summed E-state index contributed by atoms with van der Waals surface area (Å²) < 4.78 is 1.40. The Bertz CT molecular complexity index is 982. The Balaban J connectivity index is 1.93. The molecule has 7 heteroatoms. The number of benzene rings is 1. The first-order valence-corrected chi connectivity index (χ1v) is 8.19.